The highest BCUT2D eigenvalue weighted by atomic mass is 127. The first-order valence-corrected chi connectivity index (χ1v) is 4.44. The van der Waals surface area contributed by atoms with Crippen molar-refractivity contribution in [3.05, 3.63) is 12.3 Å². The van der Waals surface area contributed by atoms with Crippen LogP contribution in [0.5, 0.6) is 0 Å². The lowest BCUT2D eigenvalue weighted by atomic mass is 10.2. The second kappa shape index (κ2) is 5.94. The molecule has 0 aliphatic carbocycles. The van der Waals surface area contributed by atoms with Crippen LogP contribution in [0.15, 0.2) is 12.3 Å². The van der Waals surface area contributed by atoms with Gasteiger partial charge in [0, 0.05) is 9.97 Å². The molecule has 0 fully saturated rings. The van der Waals surface area contributed by atoms with Gasteiger partial charge in [0.05, 0.1) is 0 Å². The van der Waals surface area contributed by atoms with E-state index in [0.29, 0.717) is 9.97 Å². The largest absolute Gasteiger partial charge is 0.405 e. The van der Waals surface area contributed by atoms with Crippen molar-refractivity contribution in [3.63, 3.8) is 0 Å². The van der Waals surface area contributed by atoms with Gasteiger partial charge in [-0.2, -0.15) is 0 Å². The van der Waals surface area contributed by atoms with Gasteiger partial charge in [-0.15, -0.1) is 0 Å². The zero-order valence-corrected chi connectivity index (χ0v) is 8.21. The molecular formula is C6H14IN3. The van der Waals surface area contributed by atoms with E-state index in [0.717, 1.165) is 6.42 Å². The molecule has 0 spiro atoms. The SMILES string of the molecule is C[C@H](I)C(C/C=C\N)NN. The van der Waals surface area contributed by atoms with E-state index >= 15 is 0 Å². The molecule has 0 aromatic heterocycles. The third-order valence-corrected chi connectivity index (χ3v) is 2.16. The van der Waals surface area contributed by atoms with Crippen LogP contribution in [0, 0.1) is 0 Å². The van der Waals surface area contributed by atoms with Gasteiger partial charge in [-0.25, -0.2) is 0 Å². The highest BCUT2D eigenvalue weighted by Gasteiger charge is 2.09. The number of nitrogens with two attached hydrogens (primary N) is 2. The summed E-state index contributed by atoms with van der Waals surface area (Å²) in [6.07, 6.45) is 4.33. The van der Waals surface area contributed by atoms with Gasteiger partial charge in [0.1, 0.15) is 0 Å². The number of hydrogen-bond donors (Lipinski definition) is 3. The second-order valence-corrected chi connectivity index (χ2v) is 4.08. The van der Waals surface area contributed by atoms with Crippen molar-refractivity contribution in [1.29, 1.82) is 0 Å². The van der Waals surface area contributed by atoms with Crippen molar-refractivity contribution in [1.82, 2.24) is 5.43 Å². The fourth-order valence-electron chi connectivity index (χ4n) is 0.613. The molecule has 0 rings (SSSR count). The van der Waals surface area contributed by atoms with Gasteiger partial charge in [-0.1, -0.05) is 35.6 Å². The summed E-state index contributed by atoms with van der Waals surface area (Å²) in [5.41, 5.74) is 7.90. The minimum Gasteiger partial charge on any atom is -0.405 e. The van der Waals surface area contributed by atoms with Gasteiger partial charge in [-0.05, 0) is 12.6 Å². The van der Waals surface area contributed by atoms with E-state index in [1.807, 2.05) is 6.08 Å². The van der Waals surface area contributed by atoms with Crippen LogP contribution in [0.4, 0.5) is 0 Å². The molecule has 0 amide bonds. The smallest absolute Gasteiger partial charge is 0.0360 e. The van der Waals surface area contributed by atoms with Gasteiger partial charge in [0.15, 0.2) is 0 Å². The fraction of sp³-hybridized carbons (Fsp3) is 0.667. The lowest BCUT2D eigenvalue weighted by Crippen LogP contribution is -2.39. The topological polar surface area (TPSA) is 64.1 Å². The van der Waals surface area contributed by atoms with Crippen LogP contribution in [0.25, 0.3) is 0 Å². The number of hydrogen-bond acceptors (Lipinski definition) is 3. The highest BCUT2D eigenvalue weighted by Crippen LogP contribution is 2.07. The van der Waals surface area contributed by atoms with E-state index in [-0.39, 0.29) is 0 Å². The zero-order chi connectivity index (χ0) is 7.98. The van der Waals surface area contributed by atoms with Crippen molar-refractivity contribution >= 4 is 22.6 Å². The lowest BCUT2D eigenvalue weighted by Gasteiger charge is -2.15. The monoisotopic (exact) mass is 255 g/mol. The summed E-state index contributed by atoms with van der Waals surface area (Å²) in [4.78, 5) is 0. The van der Waals surface area contributed by atoms with Crippen LogP contribution in [0.3, 0.4) is 0 Å². The first-order valence-electron chi connectivity index (χ1n) is 3.19. The summed E-state index contributed by atoms with van der Waals surface area (Å²) in [6.45, 7) is 2.11. The number of alkyl halides is 1. The molecule has 10 heavy (non-hydrogen) atoms. The Balaban J connectivity index is 3.60. The van der Waals surface area contributed by atoms with Gasteiger partial charge in [0.2, 0.25) is 0 Å². The Morgan fingerprint density at radius 1 is 1.70 bits per heavy atom. The third-order valence-electron chi connectivity index (χ3n) is 1.29. The highest BCUT2D eigenvalue weighted by molar-refractivity contribution is 14.1. The summed E-state index contributed by atoms with van der Waals surface area (Å²) in [5, 5.41) is 0. The van der Waals surface area contributed by atoms with E-state index < -0.39 is 0 Å². The maximum absolute atomic E-state index is 5.28. The van der Waals surface area contributed by atoms with Crippen molar-refractivity contribution in [3.8, 4) is 0 Å². The van der Waals surface area contributed by atoms with Crippen molar-refractivity contribution in [2.24, 2.45) is 11.6 Å². The number of nitrogens with one attached hydrogen (secondary N) is 1. The molecule has 0 aromatic rings. The molecule has 1 unspecified atom stereocenters. The molecule has 0 aliphatic rings. The van der Waals surface area contributed by atoms with Gasteiger partial charge in [-0.3, -0.25) is 11.3 Å². The van der Waals surface area contributed by atoms with E-state index in [1.165, 1.54) is 0 Å². The number of hydrazine groups is 1. The van der Waals surface area contributed by atoms with Crippen LogP contribution in [0.2, 0.25) is 0 Å². The molecule has 4 heteroatoms. The number of rotatable bonds is 4. The van der Waals surface area contributed by atoms with Crippen LogP contribution < -0.4 is 17.0 Å². The Morgan fingerprint density at radius 3 is 2.60 bits per heavy atom. The van der Waals surface area contributed by atoms with Crippen molar-refractivity contribution < 1.29 is 0 Å². The molecule has 0 saturated carbocycles. The quantitative estimate of drug-likeness (QED) is 0.297. The molecule has 0 radical (unpaired) electrons. The van der Waals surface area contributed by atoms with Gasteiger partial charge >= 0.3 is 0 Å². The molecule has 0 saturated heterocycles. The molecule has 0 heterocycles. The summed E-state index contributed by atoms with van der Waals surface area (Å²) < 4.78 is 0.513. The van der Waals surface area contributed by atoms with E-state index in [4.69, 9.17) is 11.6 Å². The maximum atomic E-state index is 5.28. The van der Waals surface area contributed by atoms with Gasteiger partial charge < -0.3 is 5.73 Å². The van der Waals surface area contributed by atoms with E-state index in [9.17, 15) is 0 Å². The Kier molecular flexibility index (Phi) is 6.05. The third kappa shape index (κ3) is 4.08. The van der Waals surface area contributed by atoms with Crippen molar-refractivity contribution in [2.45, 2.75) is 23.3 Å². The van der Waals surface area contributed by atoms with Crippen LogP contribution in [-0.2, 0) is 0 Å². The molecular weight excluding hydrogens is 241 g/mol. The Bertz CT molecular complexity index is 103. The molecule has 3 nitrogen and oxygen atoms in total. The van der Waals surface area contributed by atoms with Gasteiger partial charge in [0.25, 0.3) is 0 Å². The molecule has 0 bridgehead atoms. The van der Waals surface area contributed by atoms with Crippen LogP contribution in [-0.4, -0.2) is 9.97 Å². The number of halogens is 1. The fourth-order valence-corrected chi connectivity index (χ4v) is 1.11. The maximum Gasteiger partial charge on any atom is 0.0360 e. The zero-order valence-electron chi connectivity index (χ0n) is 6.05. The average molecular weight is 255 g/mol. The summed E-state index contributed by atoms with van der Waals surface area (Å²) in [6, 6.07) is 0.320. The normalized spacial score (nSPS) is 17.5. The predicted octanol–water partition coefficient (Wildman–Crippen LogP) is 0.504. The van der Waals surface area contributed by atoms with E-state index in [1.54, 1.807) is 6.20 Å². The first kappa shape index (κ1) is 10.2. The standard InChI is InChI=1S/C6H14IN3/c1-5(7)6(10-9)3-2-4-8/h2,4-6,10H,3,8-9H2,1H3/b4-2-/t5-,6?/m0/s1. The molecule has 60 valence electrons. The Morgan fingerprint density at radius 2 is 2.30 bits per heavy atom. The molecule has 5 N–H and O–H groups in total. The van der Waals surface area contributed by atoms with Crippen molar-refractivity contribution in [2.75, 3.05) is 0 Å². The minimum absolute atomic E-state index is 0.320. The summed E-state index contributed by atoms with van der Waals surface area (Å²) in [7, 11) is 0. The second-order valence-electron chi connectivity index (χ2n) is 2.11. The minimum atomic E-state index is 0.320. The Hall–Kier alpha value is 0.190. The summed E-state index contributed by atoms with van der Waals surface area (Å²) >= 11 is 2.33. The first-order chi connectivity index (χ1) is 4.72. The molecule has 2 atom stereocenters. The molecule has 0 aliphatic heterocycles. The van der Waals surface area contributed by atoms with E-state index in [2.05, 4.69) is 34.9 Å². The Labute approximate surface area is 75.3 Å². The van der Waals surface area contributed by atoms with Crippen LogP contribution >= 0.6 is 22.6 Å². The average Bonchev–Trinajstić information content (AvgIpc) is 1.89. The predicted molar refractivity (Wildman–Crippen MR) is 52.5 cm³/mol. The molecule has 0 aromatic carbocycles. The van der Waals surface area contributed by atoms with Crippen LogP contribution in [0.1, 0.15) is 13.3 Å². The lowest BCUT2D eigenvalue weighted by molar-refractivity contribution is 0.539. The summed E-state index contributed by atoms with van der Waals surface area (Å²) in [5.74, 6) is 5.28.